The molecule has 1 amide bonds. The summed E-state index contributed by atoms with van der Waals surface area (Å²) in [5.74, 6) is -0.0154. The van der Waals surface area contributed by atoms with Crippen molar-refractivity contribution in [1.82, 2.24) is 4.90 Å². The number of hydrogen-bond donors (Lipinski definition) is 0. The third-order valence-electron chi connectivity index (χ3n) is 3.42. The number of nitro benzene ring substituents is 1. The third-order valence-corrected chi connectivity index (χ3v) is 3.42. The first-order chi connectivity index (χ1) is 9.66. The summed E-state index contributed by atoms with van der Waals surface area (Å²) >= 11 is 0. The first kappa shape index (κ1) is 14.2. The molecule has 1 saturated heterocycles. The van der Waals surface area contributed by atoms with Gasteiger partial charge in [-0.25, -0.2) is 0 Å². The highest BCUT2D eigenvalue weighted by molar-refractivity contribution is 5.91. The van der Waals surface area contributed by atoms with E-state index in [2.05, 4.69) is 0 Å². The molecule has 0 N–H and O–H groups in total. The van der Waals surface area contributed by atoms with Gasteiger partial charge in [-0.05, 0) is 24.5 Å². The molecule has 1 fully saturated rings. The Hall–Kier alpha value is -2.17. The molecule has 1 aromatic carbocycles. The topological polar surface area (TPSA) is 63.4 Å². The Morgan fingerprint density at radius 3 is 2.55 bits per heavy atom. The second kappa shape index (κ2) is 6.84. The lowest BCUT2D eigenvalue weighted by atomic mass is 10.2. The maximum Gasteiger partial charge on any atom is 0.270 e. The maximum absolute atomic E-state index is 12.0. The van der Waals surface area contributed by atoms with Gasteiger partial charge in [0.25, 0.3) is 5.69 Å². The lowest BCUT2D eigenvalue weighted by molar-refractivity contribution is -0.384. The third kappa shape index (κ3) is 3.91. The maximum atomic E-state index is 12.0. The first-order valence-corrected chi connectivity index (χ1v) is 6.88. The van der Waals surface area contributed by atoms with Crippen LogP contribution in [-0.2, 0) is 4.79 Å². The van der Waals surface area contributed by atoms with Crippen molar-refractivity contribution in [2.75, 3.05) is 13.1 Å². The molecule has 5 nitrogen and oxygen atoms in total. The molecule has 0 radical (unpaired) electrons. The van der Waals surface area contributed by atoms with Crippen molar-refractivity contribution >= 4 is 17.7 Å². The average molecular weight is 274 g/mol. The van der Waals surface area contributed by atoms with Crippen molar-refractivity contribution in [3.05, 3.63) is 46.0 Å². The van der Waals surface area contributed by atoms with E-state index in [0.29, 0.717) is 5.56 Å². The zero-order valence-corrected chi connectivity index (χ0v) is 11.3. The van der Waals surface area contributed by atoms with E-state index in [-0.39, 0.29) is 11.6 Å². The van der Waals surface area contributed by atoms with Crippen LogP contribution in [-0.4, -0.2) is 28.8 Å². The average Bonchev–Trinajstić information content (AvgIpc) is 2.74. The van der Waals surface area contributed by atoms with Crippen LogP contribution in [0, 0.1) is 10.1 Å². The molecular weight excluding hydrogens is 256 g/mol. The van der Waals surface area contributed by atoms with Crippen molar-refractivity contribution in [2.45, 2.75) is 25.7 Å². The minimum Gasteiger partial charge on any atom is -0.339 e. The number of nitrogens with zero attached hydrogens (tertiary/aromatic N) is 2. The van der Waals surface area contributed by atoms with E-state index in [1.54, 1.807) is 18.2 Å². The number of nitro groups is 1. The standard InChI is InChI=1S/C15H18N2O3/c18-15(16-10-3-1-2-4-11-16)9-8-13-6-5-7-14(12-13)17(19)20/h5-9,12H,1-4,10-11H2/b9-8-. The largest absolute Gasteiger partial charge is 0.339 e. The van der Waals surface area contributed by atoms with E-state index in [1.165, 1.54) is 31.1 Å². The van der Waals surface area contributed by atoms with Crippen LogP contribution in [0.15, 0.2) is 30.3 Å². The van der Waals surface area contributed by atoms with Crippen molar-refractivity contribution in [2.24, 2.45) is 0 Å². The van der Waals surface area contributed by atoms with Gasteiger partial charge >= 0.3 is 0 Å². The van der Waals surface area contributed by atoms with Crippen molar-refractivity contribution < 1.29 is 9.72 Å². The van der Waals surface area contributed by atoms with Gasteiger partial charge in [0.1, 0.15) is 0 Å². The Balaban J connectivity index is 2.02. The lowest BCUT2D eigenvalue weighted by Crippen LogP contribution is -2.30. The fourth-order valence-electron chi connectivity index (χ4n) is 2.31. The Kier molecular flexibility index (Phi) is 4.87. The monoisotopic (exact) mass is 274 g/mol. The van der Waals surface area contributed by atoms with E-state index in [4.69, 9.17) is 0 Å². The van der Waals surface area contributed by atoms with Crippen LogP contribution in [0.5, 0.6) is 0 Å². The number of likely N-dealkylation sites (tertiary alicyclic amines) is 1. The molecule has 2 rings (SSSR count). The van der Waals surface area contributed by atoms with E-state index in [0.717, 1.165) is 25.9 Å². The van der Waals surface area contributed by atoms with Crippen LogP contribution in [0.4, 0.5) is 5.69 Å². The zero-order chi connectivity index (χ0) is 14.4. The fraction of sp³-hybridized carbons (Fsp3) is 0.400. The number of carbonyl (C=O) groups is 1. The Bertz CT molecular complexity index is 518. The lowest BCUT2D eigenvalue weighted by Gasteiger charge is -2.17. The number of rotatable bonds is 3. The second-order valence-electron chi connectivity index (χ2n) is 4.92. The van der Waals surface area contributed by atoms with Crippen LogP contribution in [0.1, 0.15) is 31.2 Å². The molecule has 1 aliphatic rings. The van der Waals surface area contributed by atoms with Gasteiger partial charge in [0.2, 0.25) is 5.91 Å². The number of amides is 1. The Labute approximate surface area is 118 Å². The predicted molar refractivity (Wildman–Crippen MR) is 77.2 cm³/mol. The van der Waals surface area contributed by atoms with Gasteiger partial charge < -0.3 is 4.90 Å². The molecule has 0 bridgehead atoms. The fourth-order valence-corrected chi connectivity index (χ4v) is 2.31. The molecule has 0 spiro atoms. The highest BCUT2D eigenvalue weighted by atomic mass is 16.6. The van der Waals surface area contributed by atoms with Crippen LogP contribution in [0.25, 0.3) is 6.08 Å². The molecule has 0 atom stereocenters. The SMILES string of the molecule is O=C(/C=C\c1cccc([N+](=O)[O-])c1)N1CCCCCC1. The first-order valence-electron chi connectivity index (χ1n) is 6.88. The normalized spacial score (nSPS) is 16.1. The molecule has 20 heavy (non-hydrogen) atoms. The van der Waals surface area contributed by atoms with E-state index in [1.807, 2.05) is 4.90 Å². The smallest absolute Gasteiger partial charge is 0.270 e. The summed E-state index contributed by atoms with van der Waals surface area (Å²) in [4.78, 5) is 24.1. The summed E-state index contributed by atoms with van der Waals surface area (Å²) in [6, 6.07) is 6.27. The zero-order valence-electron chi connectivity index (χ0n) is 11.3. The summed E-state index contributed by atoms with van der Waals surface area (Å²) in [5, 5.41) is 10.7. The van der Waals surface area contributed by atoms with Gasteiger partial charge in [0.05, 0.1) is 4.92 Å². The van der Waals surface area contributed by atoms with Crippen LogP contribution < -0.4 is 0 Å². The molecule has 0 unspecified atom stereocenters. The molecule has 0 saturated carbocycles. The second-order valence-corrected chi connectivity index (χ2v) is 4.92. The van der Waals surface area contributed by atoms with E-state index < -0.39 is 4.92 Å². The summed E-state index contributed by atoms with van der Waals surface area (Å²) in [6.07, 6.45) is 7.61. The molecule has 1 aromatic rings. The van der Waals surface area contributed by atoms with Gasteiger partial charge in [0.15, 0.2) is 0 Å². The summed E-state index contributed by atoms with van der Waals surface area (Å²) in [6.45, 7) is 1.61. The molecular formula is C15H18N2O3. The van der Waals surface area contributed by atoms with Gasteiger partial charge in [-0.2, -0.15) is 0 Å². The number of non-ortho nitro benzene ring substituents is 1. The van der Waals surface area contributed by atoms with Crippen LogP contribution >= 0.6 is 0 Å². The summed E-state index contributed by atoms with van der Waals surface area (Å²) < 4.78 is 0. The molecule has 0 aliphatic carbocycles. The van der Waals surface area contributed by atoms with E-state index in [9.17, 15) is 14.9 Å². The Morgan fingerprint density at radius 2 is 1.90 bits per heavy atom. The van der Waals surface area contributed by atoms with Crippen molar-refractivity contribution in [3.8, 4) is 0 Å². The summed E-state index contributed by atoms with van der Waals surface area (Å²) in [7, 11) is 0. The van der Waals surface area contributed by atoms with E-state index >= 15 is 0 Å². The van der Waals surface area contributed by atoms with Crippen LogP contribution in [0.3, 0.4) is 0 Å². The quantitative estimate of drug-likeness (QED) is 0.483. The molecule has 1 aliphatic heterocycles. The number of carbonyl (C=O) groups excluding carboxylic acids is 1. The predicted octanol–water partition coefficient (Wildman–Crippen LogP) is 3.01. The van der Waals surface area contributed by atoms with Crippen molar-refractivity contribution in [1.29, 1.82) is 0 Å². The summed E-state index contributed by atoms with van der Waals surface area (Å²) in [5.41, 5.74) is 0.705. The van der Waals surface area contributed by atoms with Gasteiger partial charge in [0, 0.05) is 31.3 Å². The van der Waals surface area contributed by atoms with Crippen LogP contribution in [0.2, 0.25) is 0 Å². The van der Waals surface area contributed by atoms with Gasteiger partial charge in [-0.15, -0.1) is 0 Å². The highest BCUT2D eigenvalue weighted by Gasteiger charge is 2.12. The number of hydrogen-bond acceptors (Lipinski definition) is 3. The minimum atomic E-state index is -0.437. The van der Waals surface area contributed by atoms with Gasteiger partial charge in [-0.3, -0.25) is 14.9 Å². The van der Waals surface area contributed by atoms with Crippen molar-refractivity contribution in [3.63, 3.8) is 0 Å². The molecule has 0 aromatic heterocycles. The number of benzene rings is 1. The molecule has 5 heteroatoms. The minimum absolute atomic E-state index is 0.0154. The molecule has 1 heterocycles. The molecule has 106 valence electrons. The Morgan fingerprint density at radius 1 is 1.20 bits per heavy atom. The van der Waals surface area contributed by atoms with Gasteiger partial charge in [-0.1, -0.05) is 25.0 Å². The highest BCUT2D eigenvalue weighted by Crippen LogP contribution is 2.15.